The Labute approximate surface area is 127 Å². The third-order valence-corrected chi connectivity index (χ3v) is 4.44. The lowest BCUT2D eigenvalue weighted by Crippen LogP contribution is -2.43. The normalized spacial score (nSPS) is 22.6. The van der Waals surface area contributed by atoms with E-state index in [1.54, 1.807) is 0 Å². The van der Waals surface area contributed by atoms with Crippen LogP contribution in [0.15, 0.2) is 11.0 Å². The average molecular weight is 318 g/mol. The average Bonchev–Trinajstić information content (AvgIpc) is 2.42. The summed E-state index contributed by atoms with van der Waals surface area (Å²) in [7, 11) is 0. The zero-order valence-electron chi connectivity index (χ0n) is 11.2. The van der Waals surface area contributed by atoms with E-state index in [1.807, 2.05) is 0 Å². The molecule has 0 aromatic carbocycles. The summed E-state index contributed by atoms with van der Waals surface area (Å²) in [5.74, 6) is 0.239. The minimum absolute atomic E-state index is 0.0919. The lowest BCUT2D eigenvalue weighted by atomic mass is 9.86. The number of nitrogens with one attached hydrogen (secondary N) is 1. The summed E-state index contributed by atoms with van der Waals surface area (Å²) in [6, 6.07) is 0.176. The van der Waals surface area contributed by atoms with Crippen molar-refractivity contribution in [2.24, 2.45) is 5.92 Å². The largest absolute Gasteiger partial charge is 0.351 e. The van der Waals surface area contributed by atoms with Crippen molar-refractivity contribution in [2.75, 3.05) is 0 Å². The highest BCUT2D eigenvalue weighted by atomic mass is 35.5. The Hall–Kier alpha value is -1.07. The molecule has 0 spiro atoms. The molecule has 1 N–H and O–H groups in total. The number of aromatic nitrogens is 2. The van der Waals surface area contributed by atoms with E-state index in [1.165, 1.54) is 12.6 Å². The lowest BCUT2D eigenvalue weighted by Gasteiger charge is -2.29. The summed E-state index contributed by atoms with van der Waals surface area (Å²) in [5, 5.41) is 6.76. The topological polar surface area (TPSA) is 64.0 Å². The quantitative estimate of drug-likeness (QED) is 0.929. The summed E-state index contributed by atoms with van der Waals surface area (Å²) in [6.45, 7) is 1.99. The molecule has 0 saturated heterocycles. The molecule has 1 aromatic heterocycles. The smallest absolute Gasteiger partial charge is 0.287 e. The molecule has 7 heteroatoms. The van der Waals surface area contributed by atoms with Crippen molar-refractivity contribution in [1.29, 1.82) is 0 Å². The van der Waals surface area contributed by atoms with E-state index in [0.717, 1.165) is 23.9 Å². The minimum Gasteiger partial charge on any atom is -0.351 e. The van der Waals surface area contributed by atoms with Crippen LogP contribution in [0, 0.1) is 5.92 Å². The van der Waals surface area contributed by atoms with Crippen molar-refractivity contribution in [3.05, 3.63) is 26.6 Å². The van der Waals surface area contributed by atoms with Crippen LogP contribution < -0.4 is 10.9 Å². The Balaban J connectivity index is 2.01. The Morgan fingerprint density at radius 1 is 1.45 bits per heavy atom. The van der Waals surface area contributed by atoms with Crippen LogP contribution in [-0.4, -0.2) is 21.7 Å². The number of hydrogen-bond donors (Lipinski definition) is 1. The summed E-state index contributed by atoms with van der Waals surface area (Å²) in [5.41, 5.74) is -0.550. The van der Waals surface area contributed by atoms with Crippen LogP contribution in [0.3, 0.4) is 0 Å². The van der Waals surface area contributed by atoms with Gasteiger partial charge in [-0.15, -0.1) is 0 Å². The summed E-state index contributed by atoms with van der Waals surface area (Å²) >= 11 is 11.4. The Bertz CT molecular complexity index is 559. The Morgan fingerprint density at radius 2 is 2.15 bits per heavy atom. The van der Waals surface area contributed by atoms with E-state index in [-0.39, 0.29) is 28.5 Å². The van der Waals surface area contributed by atoms with Crippen molar-refractivity contribution in [3.63, 3.8) is 0 Å². The van der Waals surface area contributed by atoms with E-state index in [9.17, 15) is 9.59 Å². The van der Waals surface area contributed by atoms with Crippen molar-refractivity contribution in [3.8, 4) is 0 Å². The number of rotatable bonds is 3. The molecule has 5 nitrogen and oxygen atoms in total. The summed E-state index contributed by atoms with van der Waals surface area (Å²) in [6.07, 6.45) is 5.70. The number of hydrogen-bond acceptors (Lipinski definition) is 3. The van der Waals surface area contributed by atoms with Gasteiger partial charge in [-0.05, 0) is 18.8 Å². The minimum atomic E-state index is -0.550. The second-order valence-electron chi connectivity index (χ2n) is 5.21. The maximum atomic E-state index is 12.0. The van der Waals surface area contributed by atoms with Gasteiger partial charge in [-0.25, -0.2) is 4.68 Å². The van der Waals surface area contributed by atoms with Crippen LogP contribution in [0.2, 0.25) is 10.0 Å². The Kier molecular flexibility index (Phi) is 5.05. The molecule has 1 amide bonds. The first-order valence-corrected chi connectivity index (χ1v) is 7.45. The Morgan fingerprint density at radius 3 is 2.85 bits per heavy atom. The number of nitrogens with zero attached hydrogens (tertiary/aromatic N) is 2. The lowest BCUT2D eigenvalue weighted by molar-refractivity contribution is -0.123. The van der Waals surface area contributed by atoms with E-state index < -0.39 is 5.56 Å². The predicted molar refractivity (Wildman–Crippen MR) is 78.1 cm³/mol. The molecule has 1 aliphatic carbocycles. The fraction of sp³-hybridized carbons (Fsp3) is 0.615. The van der Waals surface area contributed by atoms with Gasteiger partial charge in [0.15, 0.2) is 0 Å². The molecule has 2 rings (SSSR count). The number of amides is 1. The van der Waals surface area contributed by atoms with E-state index in [0.29, 0.717) is 5.92 Å². The molecule has 1 saturated carbocycles. The van der Waals surface area contributed by atoms with Gasteiger partial charge in [0.2, 0.25) is 5.91 Å². The maximum Gasteiger partial charge on any atom is 0.287 e. The van der Waals surface area contributed by atoms with Gasteiger partial charge < -0.3 is 5.32 Å². The number of halogens is 2. The van der Waals surface area contributed by atoms with Gasteiger partial charge in [-0.3, -0.25) is 9.59 Å². The fourth-order valence-electron chi connectivity index (χ4n) is 2.48. The monoisotopic (exact) mass is 317 g/mol. The van der Waals surface area contributed by atoms with E-state index in [2.05, 4.69) is 17.3 Å². The van der Waals surface area contributed by atoms with Gasteiger partial charge in [0.25, 0.3) is 5.56 Å². The molecule has 2 unspecified atom stereocenters. The fourth-order valence-corrected chi connectivity index (χ4v) is 2.75. The molecule has 1 heterocycles. The van der Waals surface area contributed by atoms with E-state index >= 15 is 0 Å². The standard InChI is InChI=1S/C13H17Cl2N3O2/c1-8-4-2-3-5-10(8)17-11(19)7-18-13(20)12(15)9(14)6-16-18/h6,8,10H,2-5,7H2,1H3,(H,17,19). The second kappa shape index (κ2) is 6.59. The molecule has 1 aromatic rings. The van der Waals surface area contributed by atoms with Gasteiger partial charge in [0.05, 0.1) is 11.2 Å². The van der Waals surface area contributed by atoms with Crippen LogP contribution in [-0.2, 0) is 11.3 Å². The molecule has 110 valence electrons. The van der Waals surface area contributed by atoms with Crippen molar-refractivity contribution in [1.82, 2.24) is 15.1 Å². The summed E-state index contributed by atoms with van der Waals surface area (Å²) in [4.78, 5) is 23.8. The van der Waals surface area contributed by atoms with Gasteiger partial charge in [-0.1, -0.05) is 43.0 Å². The highest BCUT2D eigenvalue weighted by molar-refractivity contribution is 6.41. The molecular formula is C13H17Cl2N3O2. The molecule has 1 aliphatic rings. The molecule has 1 fully saturated rings. The van der Waals surface area contributed by atoms with Gasteiger partial charge in [0, 0.05) is 6.04 Å². The van der Waals surface area contributed by atoms with Crippen molar-refractivity contribution < 1.29 is 4.79 Å². The van der Waals surface area contributed by atoms with E-state index in [4.69, 9.17) is 23.2 Å². The predicted octanol–water partition coefficient (Wildman–Crippen LogP) is 2.25. The highest BCUT2D eigenvalue weighted by Crippen LogP contribution is 2.23. The second-order valence-corrected chi connectivity index (χ2v) is 5.99. The van der Waals surface area contributed by atoms with Gasteiger partial charge >= 0.3 is 0 Å². The zero-order valence-corrected chi connectivity index (χ0v) is 12.7. The van der Waals surface area contributed by atoms with Crippen LogP contribution in [0.4, 0.5) is 0 Å². The maximum absolute atomic E-state index is 12.0. The van der Waals surface area contributed by atoms with Crippen LogP contribution >= 0.6 is 23.2 Å². The zero-order chi connectivity index (χ0) is 14.7. The molecule has 0 bridgehead atoms. The first kappa shape index (κ1) is 15.3. The molecule has 0 aliphatic heterocycles. The highest BCUT2D eigenvalue weighted by Gasteiger charge is 2.23. The first-order valence-electron chi connectivity index (χ1n) is 6.69. The molecule has 0 radical (unpaired) electrons. The molecule has 2 atom stereocenters. The van der Waals surface area contributed by atoms with Crippen LogP contribution in [0.5, 0.6) is 0 Å². The number of carbonyl (C=O) groups excluding carboxylic acids is 1. The SMILES string of the molecule is CC1CCCCC1NC(=O)Cn1ncc(Cl)c(Cl)c1=O. The van der Waals surface area contributed by atoms with Crippen molar-refractivity contribution in [2.45, 2.75) is 45.2 Å². The van der Waals surface area contributed by atoms with Gasteiger partial charge in [-0.2, -0.15) is 5.10 Å². The molecular weight excluding hydrogens is 301 g/mol. The van der Waals surface area contributed by atoms with Crippen molar-refractivity contribution >= 4 is 29.1 Å². The summed E-state index contributed by atoms with van der Waals surface area (Å²) < 4.78 is 1.02. The third-order valence-electron chi connectivity index (χ3n) is 3.69. The number of carbonyl (C=O) groups is 1. The third kappa shape index (κ3) is 3.52. The van der Waals surface area contributed by atoms with Crippen LogP contribution in [0.1, 0.15) is 32.6 Å². The van der Waals surface area contributed by atoms with Crippen LogP contribution in [0.25, 0.3) is 0 Å². The first-order chi connectivity index (χ1) is 9.49. The van der Waals surface area contributed by atoms with Gasteiger partial charge in [0.1, 0.15) is 11.6 Å². The molecule has 20 heavy (non-hydrogen) atoms.